The molecule has 312 valence electrons. The van der Waals surface area contributed by atoms with E-state index >= 15 is 0 Å². The van der Waals surface area contributed by atoms with Crippen LogP contribution < -0.4 is 5.32 Å². The van der Waals surface area contributed by atoms with E-state index in [1.54, 1.807) is 6.08 Å². The van der Waals surface area contributed by atoms with E-state index in [4.69, 9.17) is 0 Å². The highest BCUT2D eigenvalue weighted by Gasteiger charge is 2.20. The van der Waals surface area contributed by atoms with E-state index in [1.807, 2.05) is 6.08 Å². The third kappa shape index (κ3) is 40.1. The summed E-state index contributed by atoms with van der Waals surface area (Å²) >= 11 is 0. The van der Waals surface area contributed by atoms with Crippen molar-refractivity contribution >= 4 is 5.91 Å². The lowest BCUT2D eigenvalue weighted by atomic mass is 10.0. The molecule has 0 bridgehead atoms. The van der Waals surface area contributed by atoms with E-state index in [2.05, 4.69) is 43.5 Å². The summed E-state index contributed by atoms with van der Waals surface area (Å²) < 4.78 is 0. The normalized spacial score (nSPS) is 13.8. The molecule has 0 radical (unpaired) electrons. The largest absolute Gasteiger partial charge is 0.394 e. The van der Waals surface area contributed by atoms with Gasteiger partial charge in [-0.05, 0) is 51.4 Å². The maximum Gasteiger partial charge on any atom is 0.222 e. The van der Waals surface area contributed by atoms with E-state index in [-0.39, 0.29) is 18.9 Å². The summed E-state index contributed by atoms with van der Waals surface area (Å²) in [5, 5.41) is 33.2. The Balaban J connectivity index is 3.58. The van der Waals surface area contributed by atoms with Crippen molar-refractivity contribution in [1.82, 2.24) is 5.32 Å². The van der Waals surface area contributed by atoms with Crippen LogP contribution in [0.2, 0.25) is 0 Å². The number of allylic oxidation sites excluding steroid dienone is 5. The van der Waals surface area contributed by atoms with Gasteiger partial charge in [-0.2, -0.15) is 0 Å². The zero-order valence-corrected chi connectivity index (χ0v) is 35.4. The summed E-state index contributed by atoms with van der Waals surface area (Å²) in [6.07, 6.45) is 54.4. The Kier molecular flexibility index (Phi) is 42.1. The van der Waals surface area contributed by atoms with Crippen molar-refractivity contribution in [1.29, 1.82) is 0 Å². The molecular formula is C48H91NO4. The molecule has 0 aromatic rings. The number of nitrogens with one attached hydrogen (secondary N) is 1. The molecule has 0 aromatic carbocycles. The Hall–Kier alpha value is -1.43. The second-order valence-electron chi connectivity index (χ2n) is 16.0. The molecule has 0 saturated carbocycles. The van der Waals surface area contributed by atoms with Gasteiger partial charge in [0.15, 0.2) is 0 Å². The molecule has 0 heterocycles. The second-order valence-corrected chi connectivity index (χ2v) is 16.0. The lowest BCUT2D eigenvalue weighted by Gasteiger charge is -2.21. The van der Waals surface area contributed by atoms with Crippen LogP contribution >= 0.6 is 0 Å². The van der Waals surface area contributed by atoms with Gasteiger partial charge in [0, 0.05) is 0 Å². The Bertz CT molecular complexity index is 824. The van der Waals surface area contributed by atoms with Gasteiger partial charge in [-0.1, -0.05) is 217 Å². The molecule has 0 aliphatic carbocycles. The number of hydrogen-bond acceptors (Lipinski definition) is 4. The summed E-state index contributed by atoms with van der Waals surface area (Å²) in [7, 11) is 0. The average molecular weight is 746 g/mol. The maximum absolute atomic E-state index is 12.4. The molecule has 0 spiro atoms. The summed E-state index contributed by atoms with van der Waals surface area (Å²) in [6.45, 7) is 4.20. The smallest absolute Gasteiger partial charge is 0.222 e. The number of aliphatic hydroxyl groups excluding tert-OH is 3. The number of rotatable bonds is 42. The van der Waals surface area contributed by atoms with Crippen molar-refractivity contribution in [2.75, 3.05) is 6.61 Å². The first kappa shape index (κ1) is 51.6. The first-order valence-electron chi connectivity index (χ1n) is 23.3. The van der Waals surface area contributed by atoms with E-state index in [0.29, 0.717) is 6.42 Å². The van der Waals surface area contributed by atoms with Crippen molar-refractivity contribution in [2.24, 2.45) is 0 Å². The lowest BCUT2D eigenvalue weighted by Crippen LogP contribution is -2.45. The minimum Gasteiger partial charge on any atom is -0.394 e. The fourth-order valence-electron chi connectivity index (χ4n) is 7.08. The maximum atomic E-state index is 12.4. The second kappa shape index (κ2) is 43.3. The van der Waals surface area contributed by atoms with Crippen molar-refractivity contribution in [2.45, 2.75) is 257 Å². The lowest BCUT2D eigenvalue weighted by molar-refractivity contribution is -0.124. The van der Waals surface area contributed by atoms with Gasteiger partial charge in [-0.15, -0.1) is 0 Å². The number of unbranched alkanes of at least 4 members (excludes halogenated alkanes) is 29. The van der Waals surface area contributed by atoms with Crippen molar-refractivity contribution < 1.29 is 20.1 Å². The Morgan fingerprint density at radius 2 is 0.849 bits per heavy atom. The predicted octanol–water partition coefficient (Wildman–Crippen LogP) is 13.5. The van der Waals surface area contributed by atoms with Gasteiger partial charge in [0.2, 0.25) is 5.91 Å². The van der Waals surface area contributed by atoms with Crippen LogP contribution in [-0.2, 0) is 4.79 Å². The summed E-state index contributed by atoms with van der Waals surface area (Å²) in [5.74, 6) is -0.318. The molecule has 0 aromatic heterocycles. The van der Waals surface area contributed by atoms with Crippen LogP contribution in [0.4, 0.5) is 0 Å². The third-order valence-corrected chi connectivity index (χ3v) is 10.7. The average Bonchev–Trinajstić information content (AvgIpc) is 3.15. The number of carbonyl (C=O) groups excluding carboxylic acids is 1. The number of hydrogen-bond donors (Lipinski definition) is 4. The molecule has 1 amide bonds. The molecular weight excluding hydrogens is 655 g/mol. The summed E-state index contributed by atoms with van der Waals surface area (Å²) in [4.78, 5) is 12.4. The molecule has 53 heavy (non-hydrogen) atoms. The Morgan fingerprint density at radius 1 is 0.491 bits per heavy atom. The monoisotopic (exact) mass is 746 g/mol. The van der Waals surface area contributed by atoms with Gasteiger partial charge < -0.3 is 20.6 Å². The van der Waals surface area contributed by atoms with Crippen LogP contribution in [-0.4, -0.2) is 46.1 Å². The van der Waals surface area contributed by atoms with E-state index < -0.39 is 18.2 Å². The highest BCUT2D eigenvalue weighted by Crippen LogP contribution is 2.15. The minimum absolute atomic E-state index is 0.0124. The highest BCUT2D eigenvalue weighted by atomic mass is 16.3. The molecule has 5 heteroatoms. The number of carbonyl (C=O) groups is 1. The van der Waals surface area contributed by atoms with Crippen LogP contribution in [0.1, 0.15) is 239 Å². The Labute approximate surface area is 330 Å². The van der Waals surface area contributed by atoms with Gasteiger partial charge >= 0.3 is 0 Å². The Morgan fingerprint density at radius 3 is 1.25 bits per heavy atom. The van der Waals surface area contributed by atoms with Crippen molar-refractivity contribution in [3.63, 3.8) is 0 Å². The molecule has 0 fully saturated rings. The number of amides is 1. The van der Waals surface area contributed by atoms with E-state index in [9.17, 15) is 20.1 Å². The van der Waals surface area contributed by atoms with Gasteiger partial charge in [0.1, 0.15) is 0 Å². The molecule has 0 saturated heterocycles. The molecule has 4 N–H and O–H groups in total. The van der Waals surface area contributed by atoms with Crippen LogP contribution in [0.15, 0.2) is 36.5 Å². The standard InChI is InChI=1S/C48H91NO4/c1-3-5-7-9-11-13-15-16-17-18-19-20-21-22-23-24-25-26-27-28-29-30-32-33-35-37-39-41-45(51)43-48(53)49-46(44-50)47(52)42-40-38-36-34-31-14-12-10-8-6-4-2/h19-20,22-23,40,42,45-47,50-52H,3-18,21,24-39,41,43-44H2,1-2H3,(H,49,53)/b20-19-,23-22-,42-40+. The van der Waals surface area contributed by atoms with Gasteiger partial charge in [0.25, 0.3) is 0 Å². The van der Waals surface area contributed by atoms with Crippen molar-refractivity contribution in [3.8, 4) is 0 Å². The van der Waals surface area contributed by atoms with Crippen LogP contribution in [0.3, 0.4) is 0 Å². The van der Waals surface area contributed by atoms with Crippen LogP contribution in [0.25, 0.3) is 0 Å². The third-order valence-electron chi connectivity index (χ3n) is 10.7. The summed E-state index contributed by atoms with van der Waals surface area (Å²) in [5.41, 5.74) is 0. The van der Waals surface area contributed by atoms with E-state index in [0.717, 1.165) is 32.1 Å². The molecule has 0 aliphatic heterocycles. The number of aliphatic hydroxyl groups is 3. The molecule has 0 rings (SSSR count). The molecule has 0 aliphatic rings. The quantitative estimate of drug-likeness (QED) is 0.0370. The van der Waals surface area contributed by atoms with Crippen LogP contribution in [0, 0.1) is 0 Å². The predicted molar refractivity (Wildman–Crippen MR) is 231 cm³/mol. The SMILES string of the molecule is CCCCCCCCCCC/C=C\C/C=C\CCCCCCCCCCCCCC(O)CC(=O)NC(CO)C(O)/C=C/CCCCCCCCCCC. The fraction of sp³-hybridized carbons (Fsp3) is 0.854. The minimum atomic E-state index is -0.927. The molecule has 3 unspecified atom stereocenters. The molecule has 3 atom stereocenters. The first-order chi connectivity index (χ1) is 26.0. The van der Waals surface area contributed by atoms with Crippen LogP contribution in [0.5, 0.6) is 0 Å². The van der Waals surface area contributed by atoms with Gasteiger partial charge in [0.05, 0.1) is 31.3 Å². The zero-order valence-electron chi connectivity index (χ0n) is 35.4. The van der Waals surface area contributed by atoms with Gasteiger partial charge in [-0.25, -0.2) is 0 Å². The molecule has 5 nitrogen and oxygen atoms in total. The van der Waals surface area contributed by atoms with Gasteiger partial charge in [-0.3, -0.25) is 4.79 Å². The summed E-state index contributed by atoms with van der Waals surface area (Å²) in [6, 6.07) is -0.743. The first-order valence-corrected chi connectivity index (χ1v) is 23.3. The topological polar surface area (TPSA) is 89.8 Å². The van der Waals surface area contributed by atoms with Crippen molar-refractivity contribution in [3.05, 3.63) is 36.5 Å². The van der Waals surface area contributed by atoms with E-state index in [1.165, 1.54) is 180 Å². The highest BCUT2D eigenvalue weighted by molar-refractivity contribution is 5.76. The zero-order chi connectivity index (χ0) is 38.7. The fourth-order valence-corrected chi connectivity index (χ4v) is 7.08.